The fourth-order valence-electron chi connectivity index (χ4n) is 2.04. The predicted molar refractivity (Wildman–Crippen MR) is 88.4 cm³/mol. The monoisotopic (exact) mass is 354 g/mol. The molecule has 0 fully saturated rings. The summed E-state index contributed by atoms with van der Waals surface area (Å²) in [6, 6.07) is 8.80. The summed E-state index contributed by atoms with van der Waals surface area (Å²) in [6.07, 6.45) is 0.944. The van der Waals surface area contributed by atoms with Crippen LogP contribution in [0.5, 0.6) is 0 Å². The average Bonchev–Trinajstić information content (AvgIpc) is 2.48. The molecule has 0 spiro atoms. The molecule has 0 heterocycles. The van der Waals surface area contributed by atoms with Gasteiger partial charge in [0.1, 0.15) is 11.6 Å². The molecular weight excluding hydrogens is 338 g/mol. The number of rotatable bonds is 5. The minimum atomic E-state index is -3.57. The zero-order valence-corrected chi connectivity index (χ0v) is 13.9. The Morgan fingerprint density at radius 1 is 1.08 bits per heavy atom. The van der Waals surface area contributed by atoms with Gasteiger partial charge in [-0.25, -0.2) is 17.2 Å². The van der Waals surface area contributed by atoms with E-state index in [-0.39, 0.29) is 17.8 Å². The lowest BCUT2D eigenvalue weighted by atomic mass is 10.1. The third-order valence-electron chi connectivity index (χ3n) is 3.35. The first-order valence-corrected chi connectivity index (χ1v) is 8.79. The second-order valence-electron chi connectivity index (χ2n) is 5.24. The molecule has 0 radical (unpaired) electrons. The van der Waals surface area contributed by atoms with E-state index in [9.17, 15) is 22.0 Å². The van der Waals surface area contributed by atoms with Gasteiger partial charge in [-0.15, -0.1) is 0 Å². The molecule has 0 unspecified atom stereocenters. The van der Waals surface area contributed by atoms with Crippen molar-refractivity contribution < 1.29 is 22.0 Å². The van der Waals surface area contributed by atoms with Crippen molar-refractivity contribution in [1.29, 1.82) is 0 Å². The van der Waals surface area contributed by atoms with E-state index in [0.717, 1.165) is 22.7 Å². The number of benzene rings is 2. The van der Waals surface area contributed by atoms with Gasteiger partial charge < -0.3 is 5.32 Å². The maximum Gasteiger partial charge on any atom is 0.232 e. The molecule has 1 amide bonds. The van der Waals surface area contributed by atoms with Gasteiger partial charge in [-0.2, -0.15) is 0 Å². The number of hydrogen-bond donors (Lipinski definition) is 1. The number of anilines is 2. The lowest BCUT2D eigenvalue weighted by Crippen LogP contribution is -2.26. The van der Waals surface area contributed by atoms with Crippen molar-refractivity contribution in [3.05, 3.63) is 59.7 Å². The lowest BCUT2D eigenvalue weighted by Gasteiger charge is -2.20. The Morgan fingerprint density at radius 2 is 1.67 bits per heavy atom. The van der Waals surface area contributed by atoms with E-state index in [1.54, 1.807) is 0 Å². The minimum absolute atomic E-state index is 0.0371. The molecule has 2 rings (SSSR count). The van der Waals surface area contributed by atoms with Gasteiger partial charge in [-0.05, 0) is 35.9 Å². The zero-order valence-electron chi connectivity index (χ0n) is 13.1. The van der Waals surface area contributed by atoms with Gasteiger partial charge in [0.05, 0.1) is 24.1 Å². The van der Waals surface area contributed by atoms with Crippen LogP contribution in [0.25, 0.3) is 0 Å². The third-order valence-corrected chi connectivity index (χ3v) is 4.54. The van der Waals surface area contributed by atoms with Gasteiger partial charge in [-0.1, -0.05) is 12.1 Å². The topological polar surface area (TPSA) is 66.5 Å². The summed E-state index contributed by atoms with van der Waals surface area (Å²) in [6.45, 7) is 0. The Kier molecular flexibility index (Phi) is 5.18. The van der Waals surface area contributed by atoms with Gasteiger partial charge in [0, 0.05) is 7.05 Å². The van der Waals surface area contributed by atoms with Crippen LogP contribution < -0.4 is 9.62 Å². The number of amides is 1. The number of nitrogens with zero attached hydrogens (tertiary/aromatic N) is 1. The molecule has 5 nitrogen and oxygen atoms in total. The fourth-order valence-corrected chi connectivity index (χ4v) is 2.56. The number of carbonyl (C=O) groups excluding carboxylic acids is 1. The van der Waals surface area contributed by atoms with Crippen LogP contribution in [-0.4, -0.2) is 27.6 Å². The van der Waals surface area contributed by atoms with Crippen LogP contribution in [-0.2, 0) is 21.2 Å². The molecular formula is C16H16F2N2O3S. The highest BCUT2D eigenvalue weighted by molar-refractivity contribution is 7.92. The molecule has 0 aromatic heterocycles. The van der Waals surface area contributed by atoms with E-state index in [1.165, 1.54) is 37.4 Å². The Bertz CT molecular complexity index is 852. The van der Waals surface area contributed by atoms with Crippen molar-refractivity contribution in [1.82, 2.24) is 0 Å². The minimum Gasteiger partial charge on any atom is -0.324 e. The molecule has 1 N–H and O–H groups in total. The molecule has 8 heteroatoms. The first-order chi connectivity index (χ1) is 11.2. The summed E-state index contributed by atoms with van der Waals surface area (Å²) in [4.78, 5) is 12.1. The highest BCUT2D eigenvalue weighted by atomic mass is 32.2. The van der Waals surface area contributed by atoms with Crippen molar-refractivity contribution in [3.63, 3.8) is 0 Å². The van der Waals surface area contributed by atoms with Gasteiger partial charge in [0.2, 0.25) is 15.9 Å². The average molecular weight is 354 g/mol. The molecule has 0 saturated carbocycles. The van der Waals surface area contributed by atoms with Gasteiger partial charge in [-0.3, -0.25) is 9.10 Å². The second-order valence-corrected chi connectivity index (χ2v) is 7.26. The highest BCUT2D eigenvalue weighted by Gasteiger charge is 2.18. The Hall–Kier alpha value is -2.48. The van der Waals surface area contributed by atoms with E-state index in [1.807, 2.05) is 0 Å². The van der Waals surface area contributed by atoms with Gasteiger partial charge in [0.15, 0.2) is 0 Å². The zero-order chi connectivity index (χ0) is 17.9. The Labute approximate surface area is 139 Å². The van der Waals surface area contributed by atoms with Crippen LogP contribution in [0.1, 0.15) is 5.56 Å². The van der Waals surface area contributed by atoms with Gasteiger partial charge >= 0.3 is 0 Å². The van der Waals surface area contributed by atoms with Crippen LogP contribution in [0.3, 0.4) is 0 Å². The maximum atomic E-state index is 13.5. The van der Waals surface area contributed by atoms with Crippen molar-refractivity contribution in [2.24, 2.45) is 0 Å². The van der Waals surface area contributed by atoms with E-state index in [2.05, 4.69) is 5.32 Å². The molecule has 2 aromatic carbocycles. The van der Waals surface area contributed by atoms with Crippen molar-refractivity contribution >= 4 is 27.3 Å². The van der Waals surface area contributed by atoms with E-state index >= 15 is 0 Å². The molecule has 0 aliphatic carbocycles. The number of halogens is 2. The number of carbonyl (C=O) groups is 1. The largest absolute Gasteiger partial charge is 0.324 e. The van der Waals surface area contributed by atoms with Gasteiger partial charge in [0.25, 0.3) is 0 Å². The van der Waals surface area contributed by atoms with Crippen LogP contribution in [0, 0.1) is 11.6 Å². The summed E-state index contributed by atoms with van der Waals surface area (Å²) in [7, 11) is -2.27. The normalized spacial score (nSPS) is 11.2. The highest BCUT2D eigenvalue weighted by Crippen LogP contribution is 2.27. The first kappa shape index (κ1) is 17.9. The third kappa shape index (κ3) is 4.51. The van der Waals surface area contributed by atoms with Crippen molar-refractivity contribution in [2.75, 3.05) is 22.9 Å². The summed E-state index contributed by atoms with van der Waals surface area (Å²) >= 11 is 0. The molecule has 0 aliphatic rings. The smallest absolute Gasteiger partial charge is 0.232 e. The van der Waals surface area contributed by atoms with E-state index in [4.69, 9.17) is 0 Å². The Balaban J connectivity index is 2.23. The summed E-state index contributed by atoms with van der Waals surface area (Å²) in [5.74, 6) is -1.51. The second kappa shape index (κ2) is 6.96. The number of hydrogen-bond acceptors (Lipinski definition) is 3. The summed E-state index contributed by atoms with van der Waals surface area (Å²) in [5.41, 5.74) is 0.754. The standard InChI is InChI=1S/C16H16F2N2O3S/c1-20(24(2,22)23)15-8-7-13(18)10-14(15)19-16(21)9-11-3-5-12(17)6-4-11/h3-8,10H,9H2,1-2H3,(H,19,21). The van der Waals surface area contributed by atoms with Crippen LogP contribution in [0.4, 0.5) is 20.2 Å². The molecule has 0 atom stereocenters. The maximum absolute atomic E-state index is 13.5. The molecule has 0 bridgehead atoms. The first-order valence-electron chi connectivity index (χ1n) is 6.94. The molecule has 0 aliphatic heterocycles. The lowest BCUT2D eigenvalue weighted by molar-refractivity contribution is -0.115. The SMILES string of the molecule is CN(c1ccc(F)cc1NC(=O)Cc1ccc(F)cc1)S(C)(=O)=O. The van der Waals surface area contributed by atoms with E-state index < -0.39 is 27.6 Å². The van der Waals surface area contributed by atoms with E-state index in [0.29, 0.717) is 5.56 Å². The fraction of sp³-hybridized carbons (Fsp3) is 0.188. The van der Waals surface area contributed by atoms with Crippen LogP contribution in [0.2, 0.25) is 0 Å². The predicted octanol–water partition coefficient (Wildman–Crippen LogP) is 2.54. The number of nitrogens with one attached hydrogen (secondary N) is 1. The molecule has 0 saturated heterocycles. The quantitative estimate of drug-likeness (QED) is 0.897. The van der Waals surface area contributed by atoms with Crippen LogP contribution in [0.15, 0.2) is 42.5 Å². The van der Waals surface area contributed by atoms with Crippen LogP contribution >= 0.6 is 0 Å². The van der Waals surface area contributed by atoms with Crippen molar-refractivity contribution in [3.8, 4) is 0 Å². The molecule has 24 heavy (non-hydrogen) atoms. The molecule has 128 valence electrons. The molecule has 2 aromatic rings. The summed E-state index contributed by atoms with van der Waals surface area (Å²) in [5, 5.41) is 2.49. The van der Waals surface area contributed by atoms with Crippen molar-refractivity contribution in [2.45, 2.75) is 6.42 Å². The Morgan fingerprint density at radius 3 is 2.25 bits per heavy atom. The summed E-state index contributed by atoms with van der Waals surface area (Å²) < 4.78 is 50.6. The number of sulfonamides is 1.